The molecule has 1 rings (SSSR count). The zero-order chi connectivity index (χ0) is 48.6. The molecule has 0 saturated heterocycles. The molecule has 382 valence electrons. The van der Waals surface area contributed by atoms with E-state index in [4.69, 9.17) is 18.5 Å². The maximum atomic E-state index is 13.1. The van der Waals surface area contributed by atoms with E-state index < -0.39 is 91.3 Å². The lowest BCUT2D eigenvalue weighted by Gasteiger charge is -2.44. The number of hydrogen-bond acceptors (Lipinski definition) is 14. The number of carbonyl (C=O) groups is 2. The van der Waals surface area contributed by atoms with Crippen LogP contribution in [-0.2, 0) is 50.9 Å². The van der Waals surface area contributed by atoms with Gasteiger partial charge >= 0.3 is 35.4 Å². The number of allylic oxidation sites excluding steroid dienone is 4. The highest BCUT2D eigenvalue weighted by atomic mass is 31.2. The molecule has 0 bridgehead atoms. The summed E-state index contributed by atoms with van der Waals surface area (Å²) < 4.78 is 65.4. The summed E-state index contributed by atoms with van der Waals surface area (Å²) in [6, 6.07) is 0. The number of rotatable bonds is 40. The van der Waals surface area contributed by atoms with Crippen molar-refractivity contribution in [3.8, 4) is 0 Å². The summed E-state index contributed by atoms with van der Waals surface area (Å²) in [5, 5.41) is 31.8. The molecule has 1 saturated carbocycles. The van der Waals surface area contributed by atoms with Crippen LogP contribution < -0.4 is 0 Å². The number of aliphatic hydroxyl groups excluding tert-OH is 3. The highest BCUT2D eigenvalue weighted by Crippen LogP contribution is 2.51. The van der Waals surface area contributed by atoms with Crippen LogP contribution in [-0.4, -0.2) is 108 Å². The molecular formula is C43H81O19P3. The quantitative estimate of drug-likeness (QED) is 0.0124. The average Bonchev–Trinajstić information content (AvgIpc) is 3.23. The van der Waals surface area contributed by atoms with Crippen LogP contribution in [0.4, 0.5) is 0 Å². The van der Waals surface area contributed by atoms with Crippen LogP contribution in [0.5, 0.6) is 0 Å². The molecule has 0 aliphatic heterocycles. The van der Waals surface area contributed by atoms with Gasteiger partial charge in [-0.05, 0) is 64.2 Å². The van der Waals surface area contributed by atoms with Gasteiger partial charge in [0.15, 0.2) is 6.10 Å². The Balaban J connectivity index is 2.74. The van der Waals surface area contributed by atoms with Crippen molar-refractivity contribution in [2.45, 2.75) is 224 Å². The van der Waals surface area contributed by atoms with E-state index in [-0.39, 0.29) is 12.8 Å². The van der Waals surface area contributed by atoms with Gasteiger partial charge < -0.3 is 49.3 Å². The second kappa shape index (κ2) is 35.7. The first-order chi connectivity index (χ1) is 30.8. The summed E-state index contributed by atoms with van der Waals surface area (Å²) in [7, 11) is -16.6. The molecule has 0 aromatic carbocycles. The third-order valence-corrected chi connectivity index (χ3v) is 12.8. The summed E-state index contributed by atoms with van der Waals surface area (Å²) >= 11 is 0. The summed E-state index contributed by atoms with van der Waals surface area (Å²) in [6.07, 6.45) is 17.7. The fourth-order valence-corrected chi connectivity index (χ4v) is 9.26. The van der Waals surface area contributed by atoms with E-state index in [2.05, 4.69) is 47.2 Å². The Bertz CT molecular complexity index is 1470. The fraction of sp³-hybridized carbons (Fsp3) is 0.860. The Morgan fingerprint density at radius 1 is 0.477 bits per heavy atom. The third-order valence-electron chi connectivity index (χ3n) is 10.7. The van der Waals surface area contributed by atoms with Crippen LogP contribution in [0.1, 0.15) is 181 Å². The van der Waals surface area contributed by atoms with Crippen molar-refractivity contribution in [3.05, 3.63) is 24.3 Å². The van der Waals surface area contributed by atoms with E-state index in [0.29, 0.717) is 12.8 Å². The molecule has 65 heavy (non-hydrogen) atoms. The highest BCUT2D eigenvalue weighted by Gasteiger charge is 2.56. The first-order valence-corrected chi connectivity index (χ1v) is 28.2. The van der Waals surface area contributed by atoms with Crippen molar-refractivity contribution in [2.24, 2.45) is 0 Å². The zero-order valence-electron chi connectivity index (χ0n) is 38.6. The van der Waals surface area contributed by atoms with Gasteiger partial charge in [-0.2, -0.15) is 0 Å². The minimum atomic E-state index is -5.60. The minimum absolute atomic E-state index is 0.0115. The zero-order valence-corrected chi connectivity index (χ0v) is 41.2. The Morgan fingerprint density at radius 3 is 1.28 bits per heavy atom. The number of phosphoric ester groups is 3. The van der Waals surface area contributed by atoms with Gasteiger partial charge in [-0.15, -0.1) is 0 Å². The molecule has 22 heteroatoms. The summed E-state index contributed by atoms with van der Waals surface area (Å²) in [5.74, 6) is -1.31. The van der Waals surface area contributed by atoms with Crippen molar-refractivity contribution in [3.63, 3.8) is 0 Å². The fourth-order valence-electron chi connectivity index (χ4n) is 7.16. The first-order valence-electron chi connectivity index (χ1n) is 23.6. The van der Waals surface area contributed by atoms with E-state index in [1.54, 1.807) is 0 Å². The van der Waals surface area contributed by atoms with E-state index in [9.17, 15) is 63.1 Å². The van der Waals surface area contributed by atoms with Gasteiger partial charge in [0, 0.05) is 12.8 Å². The summed E-state index contributed by atoms with van der Waals surface area (Å²) in [5.41, 5.74) is 0. The van der Waals surface area contributed by atoms with Gasteiger partial charge in [0.2, 0.25) is 0 Å². The lowest BCUT2D eigenvalue weighted by molar-refractivity contribution is -0.213. The van der Waals surface area contributed by atoms with Crippen LogP contribution >= 0.6 is 23.5 Å². The van der Waals surface area contributed by atoms with Crippen molar-refractivity contribution in [2.75, 3.05) is 13.2 Å². The topological polar surface area (TPSA) is 303 Å². The Hall–Kier alpha value is -1.37. The maximum Gasteiger partial charge on any atom is 0.472 e. The van der Waals surface area contributed by atoms with Crippen LogP contribution in [0.2, 0.25) is 0 Å². The number of phosphoric acid groups is 3. The van der Waals surface area contributed by atoms with Crippen LogP contribution in [0.3, 0.4) is 0 Å². The van der Waals surface area contributed by atoms with Gasteiger partial charge in [0.1, 0.15) is 43.2 Å². The van der Waals surface area contributed by atoms with Crippen molar-refractivity contribution in [1.29, 1.82) is 0 Å². The molecule has 0 amide bonds. The average molecular weight is 995 g/mol. The highest BCUT2D eigenvalue weighted by molar-refractivity contribution is 7.47. The standard InChI is InChI=1S/C43H81O19P3/c1-3-5-7-9-11-13-15-17-18-20-21-23-25-27-29-31-36(44)57-33-35(59-37(45)32-30-28-26-24-22-19-16-14-12-10-8-6-4-2)34-58-65(55,56)62-41-38(46)39(47)42(60-63(49,50)51)43(40(41)48)61-64(52,53)54/h13-16,35,38-43,46-48H,3-12,17-34H2,1-2H3,(H,55,56)(H2,49,50,51)(H2,52,53,54)/b15-13-,16-14-/t35-,38?,39?,40?,41+,42?,43+/m1/s1. The molecule has 1 aliphatic rings. The Kier molecular flexibility index (Phi) is 33.9. The number of aliphatic hydroxyl groups is 3. The summed E-state index contributed by atoms with van der Waals surface area (Å²) in [6.45, 7) is 2.90. The molecule has 8 atom stereocenters. The van der Waals surface area contributed by atoms with Crippen LogP contribution in [0, 0.1) is 0 Å². The van der Waals surface area contributed by atoms with Gasteiger partial charge in [-0.3, -0.25) is 27.7 Å². The lowest BCUT2D eigenvalue weighted by Crippen LogP contribution is -2.65. The van der Waals surface area contributed by atoms with Crippen LogP contribution in [0.15, 0.2) is 24.3 Å². The Morgan fingerprint density at radius 2 is 0.846 bits per heavy atom. The molecule has 0 spiro atoms. The molecule has 0 radical (unpaired) electrons. The second-order valence-electron chi connectivity index (χ2n) is 16.7. The minimum Gasteiger partial charge on any atom is -0.462 e. The number of esters is 2. The van der Waals surface area contributed by atoms with Crippen LogP contribution in [0.25, 0.3) is 0 Å². The number of ether oxygens (including phenoxy) is 2. The molecule has 0 aromatic heterocycles. The second-order valence-corrected chi connectivity index (χ2v) is 20.5. The molecule has 19 nitrogen and oxygen atoms in total. The van der Waals surface area contributed by atoms with Gasteiger partial charge in [0.25, 0.3) is 0 Å². The molecule has 0 aromatic rings. The van der Waals surface area contributed by atoms with Crippen molar-refractivity contribution >= 4 is 35.4 Å². The van der Waals surface area contributed by atoms with E-state index >= 15 is 0 Å². The van der Waals surface area contributed by atoms with E-state index in [0.717, 1.165) is 89.9 Å². The van der Waals surface area contributed by atoms with Crippen molar-refractivity contribution in [1.82, 2.24) is 0 Å². The maximum absolute atomic E-state index is 13.1. The molecule has 5 unspecified atom stereocenters. The molecule has 0 heterocycles. The molecule has 1 fully saturated rings. The SMILES string of the molecule is CCCCCC/C=C\CCCCCCCCCC(=O)OC[C@H](COP(=O)(O)O[C@H]1C(O)C(O)C(OP(=O)(O)O)[C@@H](OP(=O)(O)O)C1O)OC(=O)CCCCCCC/C=C\CCCCCC. The summed E-state index contributed by atoms with van der Waals surface area (Å²) in [4.78, 5) is 73.1. The predicted octanol–water partition coefficient (Wildman–Crippen LogP) is 8.29. The molecule has 8 N–H and O–H groups in total. The smallest absolute Gasteiger partial charge is 0.462 e. The van der Waals surface area contributed by atoms with Gasteiger partial charge in [0.05, 0.1) is 6.61 Å². The van der Waals surface area contributed by atoms with Gasteiger partial charge in [-0.25, -0.2) is 13.7 Å². The van der Waals surface area contributed by atoms with E-state index in [1.165, 1.54) is 51.4 Å². The number of carbonyl (C=O) groups excluding carboxylic acids is 2. The third kappa shape index (κ3) is 32.1. The number of unbranched alkanes of at least 4 members (excludes halogenated alkanes) is 20. The lowest BCUT2D eigenvalue weighted by atomic mass is 9.85. The normalized spacial score (nSPS) is 22.1. The number of hydrogen-bond donors (Lipinski definition) is 8. The van der Waals surface area contributed by atoms with E-state index in [1.807, 2.05) is 0 Å². The van der Waals surface area contributed by atoms with Crippen molar-refractivity contribution < 1.29 is 90.6 Å². The predicted molar refractivity (Wildman–Crippen MR) is 243 cm³/mol. The molecular weight excluding hydrogens is 913 g/mol. The first kappa shape index (κ1) is 61.6. The largest absolute Gasteiger partial charge is 0.472 e. The monoisotopic (exact) mass is 994 g/mol. The molecule has 1 aliphatic carbocycles. The Labute approximate surface area is 386 Å². The van der Waals surface area contributed by atoms with Gasteiger partial charge in [-0.1, -0.05) is 128 Å².